The van der Waals surface area contributed by atoms with Gasteiger partial charge >= 0.3 is 11.6 Å². The van der Waals surface area contributed by atoms with Crippen LogP contribution >= 0.6 is 0 Å². The smallest absolute Gasteiger partial charge is 0.348 e. The second-order valence-corrected chi connectivity index (χ2v) is 7.29. The van der Waals surface area contributed by atoms with Crippen LogP contribution in [-0.2, 0) is 16.1 Å². The van der Waals surface area contributed by atoms with E-state index in [2.05, 4.69) is 0 Å². The second kappa shape index (κ2) is 8.74. The van der Waals surface area contributed by atoms with Crippen molar-refractivity contribution in [3.05, 3.63) is 87.2 Å². The van der Waals surface area contributed by atoms with E-state index in [0.717, 1.165) is 0 Å². The minimum Gasteiger partial charge on any atom is -0.493 e. The number of carbonyl (C=O) groups excluding carboxylic acids is 1. The normalized spacial score (nSPS) is 16.8. The van der Waals surface area contributed by atoms with Gasteiger partial charge in [-0.05, 0) is 42.3 Å². The Morgan fingerprint density at radius 3 is 2.62 bits per heavy atom. The summed E-state index contributed by atoms with van der Waals surface area (Å²) in [6, 6.07) is 12.7. The maximum Gasteiger partial charge on any atom is 0.348 e. The number of fused-ring (bicyclic) bond motifs is 1. The van der Waals surface area contributed by atoms with Gasteiger partial charge in [-0.25, -0.2) is 14.0 Å². The third kappa shape index (κ3) is 4.03. The predicted molar refractivity (Wildman–Crippen MR) is 112 cm³/mol. The van der Waals surface area contributed by atoms with Crippen molar-refractivity contribution in [1.82, 2.24) is 0 Å². The third-order valence-electron chi connectivity index (χ3n) is 5.20. The van der Waals surface area contributed by atoms with E-state index in [1.54, 1.807) is 43.3 Å². The van der Waals surface area contributed by atoms with Crippen LogP contribution in [0.3, 0.4) is 0 Å². The summed E-state index contributed by atoms with van der Waals surface area (Å²) in [5.41, 5.74) is 0.850. The molecule has 4 rings (SSSR count). The lowest BCUT2D eigenvalue weighted by Gasteiger charge is -2.19. The van der Waals surface area contributed by atoms with Gasteiger partial charge in [-0.1, -0.05) is 18.2 Å². The van der Waals surface area contributed by atoms with Gasteiger partial charge in [0.2, 0.25) is 6.10 Å². The molecular weight excluding hydrogens is 419 g/mol. The maximum absolute atomic E-state index is 13.5. The largest absolute Gasteiger partial charge is 0.493 e. The molecule has 2 aromatic carbocycles. The first-order valence-corrected chi connectivity index (χ1v) is 9.85. The Morgan fingerprint density at radius 1 is 1.09 bits per heavy atom. The van der Waals surface area contributed by atoms with E-state index in [1.165, 1.54) is 26.4 Å². The SMILES string of the molecule is COC(=O)C1Oc2cc(C)oc(=O)c2C1c1ccc(OC)c(OCc2cccc(F)c2)c1. The van der Waals surface area contributed by atoms with E-state index in [4.69, 9.17) is 23.4 Å². The average molecular weight is 440 g/mol. The molecule has 0 amide bonds. The first kappa shape index (κ1) is 21.4. The highest BCUT2D eigenvalue weighted by Gasteiger charge is 2.44. The molecule has 32 heavy (non-hydrogen) atoms. The van der Waals surface area contributed by atoms with Gasteiger partial charge in [-0.2, -0.15) is 0 Å². The van der Waals surface area contributed by atoms with Gasteiger partial charge in [-0.15, -0.1) is 0 Å². The number of benzene rings is 2. The summed E-state index contributed by atoms with van der Waals surface area (Å²) in [6.45, 7) is 1.72. The average Bonchev–Trinajstić information content (AvgIpc) is 3.16. The fourth-order valence-electron chi connectivity index (χ4n) is 3.76. The van der Waals surface area contributed by atoms with E-state index < -0.39 is 23.6 Å². The van der Waals surface area contributed by atoms with E-state index in [0.29, 0.717) is 28.4 Å². The maximum atomic E-state index is 13.5. The van der Waals surface area contributed by atoms with Gasteiger partial charge < -0.3 is 23.4 Å². The number of hydrogen-bond acceptors (Lipinski definition) is 7. The molecule has 2 unspecified atom stereocenters. The highest BCUT2D eigenvalue weighted by molar-refractivity contribution is 5.79. The molecular formula is C24H21FO7. The van der Waals surface area contributed by atoms with Crippen molar-refractivity contribution in [2.24, 2.45) is 0 Å². The lowest BCUT2D eigenvalue weighted by atomic mass is 9.88. The van der Waals surface area contributed by atoms with Crippen molar-refractivity contribution in [1.29, 1.82) is 0 Å². The zero-order valence-corrected chi connectivity index (χ0v) is 17.7. The van der Waals surface area contributed by atoms with Crippen LogP contribution in [0, 0.1) is 12.7 Å². The van der Waals surface area contributed by atoms with Crippen LogP contribution in [0.5, 0.6) is 17.2 Å². The van der Waals surface area contributed by atoms with E-state index in [1.807, 2.05) is 0 Å². The molecule has 0 spiro atoms. The van der Waals surface area contributed by atoms with E-state index in [-0.39, 0.29) is 23.7 Å². The van der Waals surface area contributed by atoms with Gasteiger partial charge in [0.15, 0.2) is 11.5 Å². The quantitative estimate of drug-likeness (QED) is 0.540. The molecule has 0 bridgehead atoms. The molecule has 0 aliphatic carbocycles. The Bertz CT molecular complexity index is 1220. The molecule has 7 nitrogen and oxygen atoms in total. The second-order valence-electron chi connectivity index (χ2n) is 7.29. The molecule has 1 aromatic heterocycles. The van der Waals surface area contributed by atoms with E-state index >= 15 is 0 Å². The number of esters is 1. The molecule has 0 radical (unpaired) electrons. The Balaban J connectivity index is 1.74. The zero-order valence-electron chi connectivity index (χ0n) is 17.7. The zero-order chi connectivity index (χ0) is 22.8. The number of ether oxygens (including phenoxy) is 4. The molecule has 8 heteroatoms. The number of aryl methyl sites for hydroxylation is 1. The summed E-state index contributed by atoms with van der Waals surface area (Å²) in [5.74, 6) is -0.311. The number of hydrogen-bond donors (Lipinski definition) is 0. The lowest BCUT2D eigenvalue weighted by molar-refractivity contribution is -0.148. The monoisotopic (exact) mass is 440 g/mol. The van der Waals surface area contributed by atoms with Crippen molar-refractivity contribution in [2.75, 3.05) is 14.2 Å². The van der Waals surface area contributed by atoms with Crippen molar-refractivity contribution in [3.63, 3.8) is 0 Å². The minimum absolute atomic E-state index is 0.0943. The van der Waals surface area contributed by atoms with Crippen LogP contribution in [0.2, 0.25) is 0 Å². The Kier molecular flexibility index (Phi) is 5.85. The summed E-state index contributed by atoms with van der Waals surface area (Å²) < 4.78 is 40.7. The minimum atomic E-state index is -1.07. The summed E-state index contributed by atoms with van der Waals surface area (Å²) in [4.78, 5) is 25.1. The van der Waals surface area contributed by atoms with Crippen LogP contribution in [0.4, 0.5) is 4.39 Å². The Morgan fingerprint density at radius 2 is 1.91 bits per heavy atom. The van der Waals surface area contributed by atoms with Gasteiger partial charge in [0.05, 0.1) is 25.7 Å². The van der Waals surface area contributed by atoms with Crippen LogP contribution in [0.1, 0.15) is 28.4 Å². The molecule has 1 aliphatic rings. The summed E-state index contributed by atoms with van der Waals surface area (Å²) in [5, 5.41) is 0. The van der Waals surface area contributed by atoms with Crippen LogP contribution in [0.15, 0.2) is 57.7 Å². The number of carbonyl (C=O) groups is 1. The predicted octanol–water partition coefficient (Wildman–Crippen LogP) is 3.74. The standard InChI is InChI=1S/C24H21FO7/c1-13-9-19-21(23(26)31-13)20(22(32-19)24(27)29-3)15-7-8-17(28-2)18(11-15)30-12-14-5-4-6-16(25)10-14/h4-11,20,22H,12H2,1-3H3. The molecule has 166 valence electrons. The Hall–Kier alpha value is -3.81. The topological polar surface area (TPSA) is 84.2 Å². The fourth-order valence-corrected chi connectivity index (χ4v) is 3.76. The Labute approximate surface area is 183 Å². The molecule has 1 aliphatic heterocycles. The number of methoxy groups -OCH3 is 2. The molecule has 0 saturated carbocycles. The highest BCUT2D eigenvalue weighted by Crippen LogP contribution is 2.43. The molecule has 3 aromatic rings. The fraction of sp³-hybridized carbons (Fsp3) is 0.250. The first-order chi connectivity index (χ1) is 15.4. The molecule has 2 atom stereocenters. The highest BCUT2D eigenvalue weighted by atomic mass is 19.1. The number of rotatable bonds is 6. The van der Waals surface area contributed by atoms with Gasteiger partial charge in [0.25, 0.3) is 0 Å². The van der Waals surface area contributed by atoms with Crippen LogP contribution in [-0.4, -0.2) is 26.3 Å². The first-order valence-electron chi connectivity index (χ1n) is 9.85. The summed E-state index contributed by atoms with van der Waals surface area (Å²) in [7, 11) is 2.74. The lowest BCUT2D eigenvalue weighted by Crippen LogP contribution is -2.31. The van der Waals surface area contributed by atoms with E-state index in [9.17, 15) is 14.0 Å². The van der Waals surface area contributed by atoms with Crippen molar-refractivity contribution >= 4 is 5.97 Å². The molecule has 0 N–H and O–H groups in total. The van der Waals surface area contributed by atoms with Crippen LogP contribution in [0.25, 0.3) is 0 Å². The molecule has 2 heterocycles. The summed E-state index contributed by atoms with van der Waals surface area (Å²) >= 11 is 0. The van der Waals surface area contributed by atoms with Gasteiger partial charge in [0, 0.05) is 6.07 Å². The van der Waals surface area contributed by atoms with Gasteiger partial charge in [0.1, 0.15) is 23.9 Å². The van der Waals surface area contributed by atoms with Crippen molar-refractivity contribution in [2.45, 2.75) is 25.6 Å². The number of halogens is 1. The third-order valence-corrected chi connectivity index (χ3v) is 5.20. The van der Waals surface area contributed by atoms with Gasteiger partial charge in [-0.3, -0.25) is 0 Å². The summed E-state index contributed by atoms with van der Waals surface area (Å²) in [6.07, 6.45) is -1.07. The van der Waals surface area contributed by atoms with Crippen molar-refractivity contribution < 1.29 is 32.5 Å². The van der Waals surface area contributed by atoms with Crippen LogP contribution < -0.4 is 19.8 Å². The van der Waals surface area contributed by atoms with Crippen molar-refractivity contribution in [3.8, 4) is 17.2 Å². The molecule has 0 fully saturated rings. The molecule has 0 saturated heterocycles.